The molecule has 2 aromatic rings. The van der Waals surface area contributed by atoms with Crippen LogP contribution in [0, 0.1) is 0 Å². The van der Waals surface area contributed by atoms with Crippen molar-refractivity contribution in [3.05, 3.63) is 65.7 Å². The van der Waals surface area contributed by atoms with Gasteiger partial charge < -0.3 is 0 Å². The minimum atomic E-state index is -0.962. The van der Waals surface area contributed by atoms with E-state index in [9.17, 15) is 4.21 Å². The lowest BCUT2D eigenvalue weighted by molar-refractivity contribution is 0.296. The molecule has 0 aliphatic carbocycles. The van der Waals surface area contributed by atoms with E-state index in [2.05, 4.69) is 61.6 Å². The van der Waals surface area contributed by atoms with Crippen LogP contribution in [0.3, 0.4) is 0 Å². The fourth-order valence-corrected chi connectivity index (χ4v) is 5.40. The molecule has 1 aliphatic heterocycles. The van der Waals surface area contributed by atoms with E-state index in [1.54, 1.807) is 0 Å². The van der Waals surface area contributed by atoms with Gasteiger partial charge in [0, 0.05) is 16.2 Å². The number of fused-ring (bicyclic) bond motifs is 1. The molecule has 0 radical (unpaired) electrons. The third-order valence-corrected chi connectivity index (χ3v) is 6.83. The van der Waals surface area contributed by atoms with E-state index in [0.29, 0.717) is 5.75 Å². The molecular weight excluding hydrogens is 314 g/mol. The van der Waals surface area contributed by atoms with Gasteiger partial charge in [0.1, 0.15) is 0 Å². The molecule has 1 aliphatic rings. The fourth-order valence-electron chi connectivity index (χ4n) is 3.63. The van der Waals surface area contributed by atoms with Gasteiger partial charge in [0.25, 0.3) is 0 Å². The lowest BCUT2D eigenvalue weighted by Gasteiger charge is -2.36. The van der Waals surface area contributed by atoms with Crippen molar-refractivity contribution in [1.29, 1.82) is 0 Å². The third-order valence-electron chi connectivity index (χ3n) is 5.15. The van der Waals surface area contributed by atoms with Gasteiger partial charge in [-0.3, -0.25) is 9.53 Å². The number of hydrogen-bond acceptors (Lipinski definition) is 2. The maximum Gasteiger partial charge on any atom is 0.0593 e. The Morgan fingerprint density at radius 2 is 1.79 bits per heavy atom. The first-order valence-corrected chi connectivity index (χ1v) is 10.3. The molecule has 1 N–H and O–H groups in total. The Kier molecular flexibility index (Phi) is 5.52. The summed E-state index contributed by atoms with van der Waals surface area (Å²) in [5, 5.41) is 3.92. The second-order valence-electron chi connectivity index (χ2n) is 6.75. The Hall–Kier alpha value is -1.45. The number of unbranched alkanes of at least 4 members (excludes halogenated alkanes) is 1. The van der Waals surface area contributed by atoms with Gasteiger partial charge in [-0.15, -0.1) is 0 Å². The Morgan fingerprint density at radius 1 is 1.08 bits per heavy atom. The van der Waals surface area contributed by atoms with Gasteiger partial charge in [-0.05, 0) is 30.0 Å². The first kappa shape index (κ1) is 17.4. The maximum atomic E-state index is 13.1. The molecule has 3 atom stereocenters. The van der Waals surface area contributed by atoms with Gasteiger partial charge in [0.2, 0.25) is 0 Å². The molecular formula is C21H27NOS. The molecule has 1 heterocycles. The highest BCUT2D eigenvalue weighted by Gasteiger charge is 2.37. The number of benzene rings is 2. The summed E-state index contributed by atoms with van der Waals surface area (Å²) in [6.45, 7) is 4.44. The predicted octanol–water partition coefficient (Wildman–Crippen LogP) is 4.83. The average molecular weight is 342 g/mol. The van der Waals surface area contributed by atoms with Crippen LogP contribution < -0.4 is 5.32 Å². The smallest absolute Gasteiger partial charge is 0.0593 e. The van der Waals surface area contributed by atoms with Crippen molar-refractivity contribution in [2.75, 3.05) is 5.75 Å². The molecule has 24 heavy (non-hydrogen) atoms. The minimum absolute atomic E-state index is 0.0690. The summed E-state index contributed by atoms with van der Waals surface area (Å²) in [6, 6.07) is 18.9. The van der Waals surface area contributed by atoms with Crippen LogP contribution in [-0.4, -0.2) is 15.5 Å². The van der Waals surface area contributed by atoms with E-state index in [1.165, 1.54) is 12.0 Å². The van der Waals surface area contributed by atoms with Crippen LogP contribution in [0.15, 0.2) is 59.5 Å². The molecule has 0 amide bonds. The monoisotopic (exact) mass is 341 g/mol. The van der Waals surface area contributed by atoms with Gasteiger partial charge in [-0.1, -0.05) is 75.2 Å². The van der Waals surface area contributed by atoms with Crippen molar-refractivity contribution >= 4 is 10.8 Å². The second-order valence-corrected chi connectivity index (χ2v) is 8.17. The molecule has 3 heteroatoms. The Morgan fingerprint density at radius 3 is 2.50 bits per heavy atom. The molecule has 0 spiro atoms. The third kappa shape index (κ3) is 3.47. The standard InChI is InChI=1S/C21H27NOS/c1-3-5-15-21(4-2)16-24(23)19-14-10-9-13-18(19)20(22-21)17-11-7-6-8-12-17/h6-14,20,22H,3-5,15-16H2,1-2H3/t20?,21-,24+/m1/s1. The zero-order valence-electron chi connectivity index (χ0n) is 14.6. The summed E-state index contributed by atoms with van der Waals surface area (Å²) in [5.41, 5.74) is 2.34. The molecule has 0 saturated heterocycles. The fraction of sp³-hybridized carbons (Fsp3) is 0.429. The van der Waals surface area contributed by atoms with Crippen LogP contribution in [0.1, 0.15) is 56.7 Å². The van der Waals surface area contributed by atoms with Crippen molar-refractivity contribution < 1.29 is 4.21 Å². The van der Waals surface area contributed by atoms with Gasteiger partial charge in [-0.2, -0.15) is 0 Å². The van der Waals surface area contributed by atoms with Gasteiger partial charge >= 0.3 is 0 Å². The summed E-state index contributed by atoms with van der Waals surface area (Å²) < 4.78 is 13.1. The first-order valence-electron chi connectivity index (χ1n) is 8.99. The molecule has 0 aromatic heterocycles. The average Bonchev–Trinajstić information content (AvgIpc) is 2.76. The second kappa shape index (κ2) is 7.62. The Bertz CT molecular complexity index is 700. The lowest BCUT2D eigenvalue weighted by atomic mass is 9.88. The molecule has 1 unspecified atom stereocenters. The molecule has 128 valence electrons. The van der Waals surface area contributed by atoms with E-state index in [0.717, 1.165) is 29.7 Å². The van der Waals surface area contributed by atoms with Crippen molar-refractivity contribution in [2.24, 2.45) is 0 Å². The van der Waals surface area contributed by atoms with Gasteiger partial charge in [0.05, 0.1) is 16.8 Å². The number of nitrogens with one attached hydrogen (secondary N) is 1. The summed E-state index contributed by atoms with van der Waals surface area (Å²) in [4.78, 5) is 0.991. The molecule has 2 aromatic carbocycles. The summed E-state index contributed by atoms with van der Waals surface area (Å²) in [5.74, 6) is 0.698. The van der Waals surface area contributed by atoms with E-state index in [4.69, 9.17) is 0 Å². The van der Waals surface area contributed by atoms with Gasteiger partial charge in [0.15, 0.2) is 0 Å². The van der Waals surface area contributed by atoms with Crippen molar-refractivity contribution in [3.8, 4) is 0 Å². The highest BCUT2D eigenvalue weighted by molar-refractivity contribution is 7.85. The minimum Gasteiger partial charge on any atom is -0.300 e. The number of rotatable bonds is 5. The van der Waals surface area contributed by atoms with Crippen LogP contribution >= 0.6 is 0 Å². The molecule has 3 rings (SSSR count). The van der Waals surface area contributed by atoms with Crippen molar-refractivity contribution in [3.63, 3.8) is 0 Å². The van der Waals surface area contributed by atoms with Crippen LogP contribution in [0.4, 0.5) is 0 Å². The largest absolute Gasteiger partial charge is 0.300 e. The van der Waals surface area contributed by atoms with Crippen LogP contribution in [0.25, 0.3) is 0 Å². The van der Waals surface area contributed by atoms with Gasteiger partial charge in [-0.25, -0.2) is 0 Å². The van der Waals surface area contributed by atoms with E-state index in [1.807, 2.05) is 12.1 Å². The first-order chi connectivity index (χ1) is 11.7. The summed E-state index contributed by atoms with van der Waals surface area (Å²) in [6.07, 6.45) is 4.40. The number of hydrogen-bond donors (Lipinski definition) is 1. The molecule has 0 fully saturated rings. The summed E-state index contributed by atoms with van der Waals surface area (Å²) >= 11 is 0. The zero-order chi connectivity index (χ0) is 17.0. The Labute approximate surface area is 148 Å². The maximum absolute atomic E-state index is 13.1. The molecule has 0 saturated carbocycles. The molecule has 2 nitrogen and oxygen atoms in total. The highest BCUT2D eigenvalue weighted by atomic mass is 32.2. The predicted molar refractivity (Wildman–Crippen MR) is 102 cm³/mol. The van der Waals surface area contributed by atoms with E-state index < -0.39 is 10.8 Å². The highest BCUT2D eigenvalue weighted by Crippen LogP contribution is 2.36. The SMILES string of the molecule is CCCC[C@]1(CC)C[S@](=O)c2ccccc2C(c2ccccc2)N1. The van der Waals surface area contributed by atoms with Crippen molar-refractivity contribution in [2.45, 2.75) is 56.0 Å². The van der Waals surface area contributed by atoms with E-state index >= 15 is 0 Å². The lowest BCUT2D eigenvalue weighted by Crippen LogP contribution is -2.49. The topological polar surface area (TPSA) is 29.1 Å². The quantitative estimate of drug-likeness (QED) is 0.844. The van der Waals surface area contributed by atoms with E-state index in [-0.39, 0.29) is 11.6 Å². The Balaban J connectivity index is 2.09. The van der Waals surface area contributed by atoms with Crippen LogP contribution in [-0.2, 0) is 10.8 Å². The molecule has 0 bridgehead atoms. The van der Waals surface area contributed by atoms with Crippen LogP contribution in [0.2, 0.25) is 0 Å². The normalized spacial score (nSPS) is 26.6. The van der Waals surface area contributed by atoms with Crippen molar-refractivity contribution in [1.82, 2.24) is 5.32 Å². The zero-order valence-corrected chi connectivity index (χ0v) is 15.4. The van der Waals surface area contributed by atoms with Crippen LogP contribution in [0.5, 0.6) is 0 Å². The summed E-state index contributed by atoms with van der Waals surface area (Å²) in [7, 11) is -0.962.